The minimum atomic E-state index is -3.52. The summed E-state index contributed by atoms with van der Waals surface area (Å²) in [6.07, 6.45) is -0.153. The van der Waals surface area contributed by atoms with Crippen LogP contribution in [0.25, 0.3) is 0 Å². The van der Waals surface area contributed by atoms with Crippen LogP contribution < -0.4 is 10.6 Å². The topological polar surface area (TPSA) is 92.3 Å². The largest absolute Gasteiger partial charge is 0.326 e. The van der Waals surface area contributed by atoms with Crippen LogP contribution in [0.4, 0.5) is 11.4 Å². The summed E-state index contributed by atoms with van der Waals surface area (Å²) in [5.74, 6) is -0.878. The Kier molecular flexibility index (Phi) is 6.15. The fraction of sp³-hybridized carbons (Fsp3) is 0.263. The van der Waals surface area contributed by atoms with Gasteiger partial charge in [0.2, 0.25) is 11.8 Å². The van der Waals surface area contributed by atoms with Gasteiger partial charge in [0.25, 0.3) is 0 Å². The van der Waals surface area contributed by atoms with E-state index < -0.39 is 15.7 Å². The molecular weight excluding hydrogens is 352 g/mol. The van der Waals surface area contributed by atoms with Crippen LogP contribution in [0.2, 0.25) is 0 Å². The second kappa shape index (κ2) is 8.14. The lowest BCUT2D eigenvalue weighted by Gasteiger charge is -2.13. The number of sulfone groups is 1. The Morgan fingerprint density at radius 2 is 1.50 bits per heavy atom. The van der Waals surface area contributed by atoms with Crippen molar-refractivity contribution in [2.45, 2.75) is 32.1 Å². The molecule has 0 spiro atoms. The lowest BCUT2D eigenvalue weighted by Crippen LogP contribution is -2.18. The molecule has 2 amide bonds. The van der Waals surface area contributed by atoms with Gasteiger partial charge in [-0.05, 0) is 43.7 Å². The Morgan fingerprint density at radius 3 is 2.08 bits per heavy atom. The molecule has 0 aliphatic heterocycles. The van der Waals surface area contributed by atoms with Gasteiger partial charge in [-0.3, -0.25) is 9.59 Å². The number of hydrogen-bond donors (Lipinski definition) is 2. The SMILES string of the molecule is CC(=O)Nc1cccc(NC(=O)CCS(=O)(=O)c2ccc(C)cc2)c1C. The highest BCUT2D eigenvalue weighted by atomic mass is 32.2. The Balaban J connectivity index is 2.03. The van der Waals surface area contributed by atoms with E-state index in [2.05, 4.69) is 10.6 Å². The van der Waals surface area contributed by atoms with E-state index in [1.807, 2.05) is 6.92 Å². The van der Waals surface area contributed by atoms with Gasteiger partial charge in [-0.15, -0.1) is 0 Å². The molecule has 2 rings (SSSR count). The summed E-state index contributed by atoms with van der Waals surface area (Å²) in [5, 5.41) is 5.39. The van der Waals surface area contributed by atoms with Crippen LogP contribution in [-0.4, -0.2) is 26.0 Å². The second-order valence-corrected chi connectivity index (χ2v) is 8.20. The quantitative estimate of drug-likeness (QED) is 0.813. The molecule has 0 aromatic heterocycles. The molecule has 2 aromatic rings. The summed E-state index contributed by atoms with van der Waals surface area (Å²) in [4.78, 5) is 23.6. The maximum atomic E-state index is 12.3. The summed E-state index contributed by atoms with van der Waals surface area (Å²) in [6, 6.07) is 11.7. The summed E-state index contributed by atoms with van der Waals surface area (Å²) in [5.41, 5.74) is 2.81. The zero-order valence-electron chi connectivity index (χ0n) is 15.0. The first-order valence-corrected chi connectivity index (χ1v) is 9.81. The van der Waals surface area contributed by atoms with E-state index in [4.69, 9.17) is 0 Å². The summed E-state index contributed by atoms with van der Waals surface area (Å²) in [6.45, 7) is 5.05. The first-order chi connectivity index (χ1) is 12.2. The van der Waals surface area contributed by atoms with Crippen LogP contribution in [0.15, 0.2) is 47.4 Å². The molecule has 138 valence electrons. The summed E-state index contributed by atoms with van der Waals surface area (Å²) >= 11 is 0. The monoisotopic (exact) mass is 374 g/mol. The smallest absolute Gasteiger partial charge is 0.225 e. The van der Waals surface area contributed by atoms with Crippen LogP contribution in [0, 0.1) is 13.8 Å². The first kappa shape index (κ1) is 19.7. The van der Waals surface area contributed by atoms with Crippen molar-refractivity contribution in [3.8, 4) is 0 Å². The number of aryl methyl sites for hydroxylation is 1. The molecule has 0 saturated heterocycles. The van der Waals surface area contributed by atoms with Crippen molar-refractivity contribution in [3.05, 3.63) is 53.6 Å². The van der Waals surface area contributed by atoms with Crippen molar-refractivity contribution in [2.75, 3.05) is 16.4 Å². The highest BCUT2D eigenvalue weighted by molar-refractivity contribution is 7.91. The number of carbonyl (C=O) groups is 2. The first-order valence-electron chi connectivity index (χ1n) is 8.15. The van der Waals surface area contributed by atoms with E-state index in [-0.39, 0.29) is 23.0 Å². The molecule has 0 saturated carbocycles. The maximum Gasteiger partial charge on any atom is 0.225 e. The Hall–Kier alpha value is -2.67. The van der Waals surface area contributed by atoms with E-state index in [1.54, 1.807) is 49.4 Å². The molecule has 0 fully saturated rings. The van der Waals surface area contributed by atoms with Crippen LogP contribution in [0.3, 0.4) is 0 Å². The molecule has 26 heavy (non-hydrogen) atoms. The normalized spacial score (nSPS) is 11.0. The molecule has 0 radical (unpaired) electrons. The van der Waals surface area contributed by atoms with Crippen molar-refractivity contribution in [1.82, 2.24) is 0 Å². The number of nitrogens with one attached hydrogen (secondary N) is 2. The minimum absolute atomic E-state index is 0.153. The predicted molar refractivity (Wildman–Crippen MR) is 102 cm³/mol. The molecule has 2 aromatic carbocycles. The van der Waals surface area contributed by atoms with Gasteiger partial charge in [-0.1, -0.05) is 23.8 Å². The molecule has 0 bridgehead atoms. The number of hydrogen-bond acceptors (Lipinski definition) is 4. The van der Waals surface area contributed by atoms with E-state index in [1.165, 1.54) is 6.92 Å². The van der Waals surface area contributed by atoms with Gasteiger partial charge in [-0.2, -0.15) is 0 Å². The van der Waals surface area contributed by atoms with Gasteiger partial charge >= 0.3 is 0 Å². The van der Waals surface area contributed by atoms with Crippen molar-refractivity contribution < 1.29 is 18.0 Å². The van der Waals surface area contributed by atoms with Gasteiger partial charge in [-0.25, -0.2) is 8.42 Å². The van der Waals surface area contributed by atoms with Crippen LogP contribution in [0.5, 0.6) is 0 Å². The van der Waals surface area contributed by atoms with Gasteiger partial charge in [0.05, 0.1) is 10.6 Å². The third-order valence-electron chi connectivity index (χ3n) is 3.90. The van der Waals surface area contributed by atoms with Crippen molar-refractivity contribution >= 4 is 33.0 Å². The molecule has 0 heterocycles. The third-order valence-corrected chi connectivity index (χ3v) is 5.63. The van der Waals surface area contributed by atoms with Crippen molar-refractivity contribution in [2.24, 2.45) is 0 Å². The molecule has 0 aliphatic rings. The van der Waals surface area contributed by atoms with Crippen LogP contribution in [0.1, 0.15) is 24.5 Å². The Bertz CT molecular complexity index is 919. The molecule has 7 heteroatoms. The Labute approximate surface area is 153 Å². The highest BCUT2D eigenvalue weighted by Gasteiger charge is 2.17. The van der Waals surface area contributed by atoms with Crippen molar-refractivity contribution in [3.63, 3.8) is 0 Å². The van der Waals surface area contributed by atoms with E-state index >= 15 is 0 Å². The zero-order chi connectivity index (χ0) is 19.3. The number of carbonyl (C=O) groups excluding carboxylic acids is 2. The van der Waals surface area contributed by atoms with E-state index in [0.717, 1.165) is 5.56 Å². The fourth-order valence-corrected chi connectivity index (χ4v) is 3.64. The fourth-order valence-electron chi connectivity index (χ4n) is 2.40. The van der Waals surface area contributed by atoms with Gasteiger partial charge in [0.15, 0.2) is 9.84 Å². The average molecular weight is 374 g/mol. The molecule has 0 atom stereocenters. The Morgan fingerprint density at radius 1 is 0.923 bits per heavy atom. The number of anilines is 2. The van der Waals surface area contributed by atoms with Crippen LogP contribution >= 0.6 is 0 Å². The molecule has 0 unspecified atom stereocenters. The zero-order valence-corrected chi connectivity index (χ0v) is 15.8. The van der Waals surface area contributed by atoms with Gasteiger partial charge in [0.1, 0.15) is 0 Å². The molecule has 0 aliphatic carbocycles. The predicted octanol–water partition coefficient (Wildman–Crippen LogP) is 3.06. The molecule has 6 nitrogen and oxygen atoms in total. The molecular formula is C19H22N2O4S. The average Bonchev–Trinajstić information content (AvgIpc) is 2.57. The van der Waals surface area contributed by atoms with Gasteiger partial charge < -0.3 is 10.6 Å². The number of rotatable bonds is 6. The number of amides is 2. The van der Waals surface area contributed by atoms with E-state index in [9.17, 15) is 18.0 Å². The standard InChI is InChI=1S/C19H22N2O4S/c1-13-7-9-16(10-8-13)26(24,25)12-11-19(23)21-18-6-4-5-17(14(18)2)20-15(3)22/h4-10H,11-12H2,1-3H3,(H,20,22)(H,21,23). The minimum Gasteiger partial charge on any atom is -0.326 e. The summed E-state index contributed by atoms with van der Waals surface area (Å²) in [7, 11) is -3.52. The lowest BCUT2D eigenvalue weighted by atomic mass is 10.1. The second-order valence-electron chi connectivity index (χ2n) is 6.09. The third kappa shape index (κ3) is 5.16. The van der Waals surface area contributed by atoms with Crippen molar-refractivity contribution in [1.29, 1.82) is 0 Å². The van der Waals surface area contributed by atoms with Crippen LogP contribution in [-0.2, 0) is 19.4 Å². The van der Waals surface area contributed by atoms with Gasteiger partial charge in [0, 0.05) is 24.7 Å². The lowest BCUT2D eigenvalue weighted by molar-refractivity contribution is -0.116. The summed E-state index contributed by atoms with van der Waals surface area (Å²) < 4.78 is 24.6. The molecule has 2 N–H and O–H groups in total. The maximum absolute atomic E-state index is 12.3. The highest BCUT2D eigenvalue weighted by Crippen LogP contribution is 2.23. The van der Waals surface area contributed by atoms with E-state index in [0.29, 0.717) is 16.9 Å². The number of benzene rings is 2.